The lowest BCUT2D eigenvalue weighted by Gasteiger charge is -2.28. The van der Waals surface area contributed by atoms with Gasteiger partial charge in [-0.25, -0.2) is 0 Å². The number of aliphatic imine (C=N–C) groups is 1. The minimum absolute atomic E-state index is 0.424. The highest BCUT2D eigenvalue weighted by Gasteiger charge is 2.24. The van der Waals surface area contributed by atoms with Crippen LogP contribution in [0.3, 0.4) is 0 Å². The van der Waals surface area contributed by atoms with Crippen molar-refractivity contribution >= 4 is 17.3 Å². The summed E-state index contributed by atoms with van der Waals surface area (Å²) in [7, 11) is 1.84. The molecule has 1 aliphatic heterocycles. The Bertz CT molecular complexity index is 745. The molecule has 0 aliphatic carbocycles. The van der Waals surface area contributed by atoms with E-state index in [2.05, 4.69) is 67.7 Å². The molecular formula is C21H34N6S. The molecule has 2 atom stereocenters. The van der Waals surface area contributed by atoms with Gasteiger partial charge in [-0.2, -0.15) is 5.10 Å². The van der Waals surface area contributed by atoms with Crippen LogP contribution in [0.5, 0.6) is 0 Å². The highest BCUT2D eigenvalue weighted by atomic mass is 32.1. The molecule has 154 valence electrons. The van der Waals surface area contributed by atoms with Gasteiger partial charge in [-0.3, -0.25) is 14.6 Å². The van der Waals surface area contributed by atoms with Crippen molar-refractivity contribution in [2.75, 3.05) is 33.2 Å². The summed E-state index contributed by atoms with van der Waals surface area (Å²) in [6, 6.07) is 6.95. The molecule has 3 heterocycles. The van der Waals surface area contributed by atoms with Crippen LogP contribution in [-0.2, 0) is 6.54 Å². The second kappa shape index (κ2) is 10.1. The molecule has 3 rings (SSSR count). The van der Waals surface area contributed by atoms with Gasteiger partial charge in [0.25, 0.3) is 0 Å². The van der Waals surface area contributed by atoms with E-state index in [0.717, 1.165) is 31.3 Å². The predicted molar refractivity (Wildman–Crippen MR) is 118 cm³/mol. The molecule has 0 saturated carbocycles. The number of aromatic nitrogens is 2. The summed E-state index contributed by atoms with van der Waals surface area (Å²) < 4.78 is 2.10. The van der Waals surface area contributed by atoms with Gasteiger partial charge in [0.2, 0.25) is 0 Å². The summed E-state index contributed by atoms with van der Waals surface area (Å²) in [5.41, 5.74) is 2.30. The number of rotatable bonds is 8. The lowest BCUT2D eigenvalue weighted by Crippen LogP contribution is -2.44. The third kappa shape index (κ3) is 5.58. The van der Waals surface area contributed by atoms with Gasteiger partial charge in [-0.15, -0.1) is 11.3 Å². The Morgan fingerprint density at radius 2 is 2.00 bits per heavy atom. The quantitative estimate of drug-likeness (QED) is 0.526. The number of hydrogen-bond acceptors (Lipinski definition) is 4. The van der Waals surface area contributed by atoms with Gasteiger partial charge < -0.3 is 10.6 Å². The Kier molecular flexibility index (Phi) is 7.50. The molecule has 0 bridgehead atoms. The van der Waals surface area contributed by atoms with E-state index in [0.29, 0.717) is 12.0 Å². The summed E-state index contributed by atoms with van der Waals surface area (Å²) in [4.78, 5) is 8.45. The molecule has 1 saturated heterocycles. The van der Waals surface area contributed by atoms with Crippen LogP contribution >= 0.6 is 11.3 Å². The van der Waals surface area contributed by atoms with Crippen molar-refractivity contribution in [1.29, 1.82) is 0 Å². The Hall–Kier alpha value is -1.86. The van der Waals surface area contributed by atoms with Crippen molar-refractivity contribution in [1.82, 2.24) is 25.3 Å². The Balaban J connectivity index is 1.50. The third-order valence-electron chi connectivity index (χ3n) is 5.35. The molecule has 0 aromatic carbocycles. The van der Waals surface area contributed by atoms with Crippen LogP contribution in [0, 0.1) is 19.8 Å². The smallest absolute Gasteiger partial charge is 0.191 e. The summed E-state index contributed by atoms with van der Waals surface area (Å²) in [5.74, 6) is 1.34. The fourth-order valence-electron chi connectivity index (χ4n) is 3.85. The zero-order chi connectivity index (χ0) is 19.9. The molecular weight excluding hydrogens is 368 g/mol. The number of hydrogen-bond donors (Lipinski definition) is 2. The van der Waals surface area contributed by atoms with Crippen molar-refractivity contribution < 1.29 is 0 Å². The number of nitrogens with zero attached hydrogens (tertiary/aromatic N) is 4. The number of aryl methyl sites for hydroxylation is 2. The minimum Gasteiger partial charge on any atom is -0.356 e. The van der Waals surface area contributed by atoms with E-state index in [4.69, 9.17) is 0 Å². The summed E-state index contributed by atoms with van der Waals surface area (Å²) in [6.07, 6.45) is 2.61. The Labute approximate surface area is 173 Å². The molecule has 6 nitrogen and oxygen atoms in total. The van der Waals surface area contributed by atoms with Crippen LogP contribution < -0.4 is 10.6 Å². The highest BCUT2D eigenvalue weighted by molar-refractivity contribution is 7.10. The monoisotopic (exact) mass is 402 g/mol. The first-order valence-electron chi connectivity index (χ1n) is 10.3. The van der Waals surface area contributed by atoms with Gasteiger partial charge in [0.05, 0.1) is 11.7 Å². The van der Waals surface area contributed by atoms with Gasteiger partial charge in [-0.1, -0.05) is 13.0 Å². The Morgan fingerprint density at radius 1 is 1.25 bits per heavy atom. The third-order valence-corrected chi connectivity index (χ3v) is 6.32. The molecule has 0 radical (unpaired) electrons. The van der Waals surface area contributed by atoms with Gasteiger partial charge in [0, 0.05) is 37.3 Å². The van der Waals surface area contributed by atoms with Crippen LogP contribution in [0.4, 0.5) is 0 Å². The average Bonchev–Trinajstić information content (AvgIpc) is 3.42. The van der Waals surface area contributed by atoms with E-state index >= 15 is 0 Å². The first kappa shape index (κ1) is 20.9. The molecule has 0 amide bonds. The standard InChI is InChI=1S/C21H34N6S/c1-16(15-27-18(3)12-17(2)25-27)13-23-21(22-4)24-14-19(20-8-7-11-28-20)26-9-5-6-10-26/h7-8,11-12,16,19H,5-6,9-10,13-15H2,1-4H3,(H2,22,23,24). The van der Waals surface area contributed by atoms with Crippen molar-refractivity contribution in [3.05, 3.63) is 39.8 Å². The molecule has 2 aromatic heterocycles. The fraction of sp³-hybridized carbons (Fsp3) is 0.619. The number of thiophene rings is 1. The maximum atomic E-state index is 4.57. The number of likely N-dealkylation sites (tertiary alicyclic amines) is 1. The van der Waals surface area contributed by atoms with E-state index in [1.807, 2.05) is 25.3 Å². The second-order valence-corrected chi connectivity index (χ2v) is 8.80. The molecule has 7 heteroatoms. The summed E-state index contributed by atoms with van der Waals surface area (Å²) in [5, 5.41) is 13.8. The maximum Gasteiger partial charge on any atom is 0.191 e. The lowest BCUT2D eigenvalue weighted by molar-refractivity contribution is 0.249. The lowest BCUT2D eigenvalue weighted by atomic mass is 10.2. The Morgan fingerprint density at radius 3 is 2.61 bits per heavy atom. The van der Waals surface area contributed by atoms with E-state index in [1.54, 1.807) is 0 Å². The average molecular weight is 403 g/mol. The van der Waals surface area contributed by atoms with Crippen LogP contribution in [0.2, 0.25) is 0 Å². The molecule has 1 fully saturated rings. The van der Waals surface area contributed by atoms with Crippen LogP contribution in [0.25, 0.3) is 0 Å². The van der Waals surface area contributed by atoms with E-state index in [-0.39, 0.29) is 0 Å². The van der Waals surface area contributed by atoms with Crippen molar-refractivity contribution in [3.8, 4) is 0 Å². The van der Waals surface area contributed by atoms with Crippen LogP contribution in [-0.4, -0.2) is 53.9 Å². The maximum absolute atomic E-state index is 4.57. The summed E-state index contributed by atoms with van der Waals surface area (Å²) in [6.45, 7) is 11.4. The minimum atomic E-state index is 0.424. The number of guanidine groups is 1. The van der Waals surface area contributed by atoms with Gasteiger partial charge >= 0.3 is 0 Å². The molecule has 1 aliphatic rings. The molecule has 0 spiro atoms. The summed E-state index contributed by atoms with van der Waals surface area (Å²) >= 11 is 1.85. The first-order valence-corrected chi connectivity index (χ1v) is 11.2. The van der Waals surface area contributed by atoms with Crippen molar-refractivity contribution in [2.24, 2.45) is 10.9 Å². The predicted octanol–water partition coefficient (Wildman–Crippen LogP) is 3.20. The number of nitrogens with one attached hydrogen (secondary N) is 2. The van der Waals surface area contributed by atoms with E-state index in [9.17, 15) is 0 Å². The molecule has 2 unspecified atom stereocenters. The molecule has 28 heavy (non-hydrogen) atoms. The van der Waals surface area contributed by atoms with E-state index < -0.39 is 0 Å². The topological polar surface area (TPSA) is 57.5 Å². The van der Waals surface area contributed by atoms with Gasteiger partial charge in [0.1, 0.15) is 0 Å². The largest absolute Gasteiger partial charge is 0.356 e. The highest BCUT2D eigenvalue weighted by Crippen LogP contribution is 2.27. The second-order valence-electron chi connectivity index (χ2n) is 7.82. The van der Waals surface area contributed by atoms with Crippen molar-refractivity contribution in [2.45, 2.75) is 46.2 Å². The van der Waals surface area contributed by atoms with E-state index in [1.165, 1.54) is 36.5 Å². The first-order chi connectivity index (χ1) is 13.6. The van der Waals surface area contributed by atoms with Gasteiger partial charge in [-0.05, 0) is 63.2 Å². The fourth-order valence-corrected chi connectivity index (χ4v) is 4.71. The zero-order valence-electron chi connectivity index (χ0n) is 17.6. The normalized spacial score (nSPS) is 17.6. The molecule has 2 aromatic rings. The van der Waals surface area contributed by atoms with Crippen LogP contribution in [0.15, 0.2) is 28.6 Å². The SMILES string of the molecule is CN=C(NCC(C)Cn1nc(C)cc1C)NCC(c1cccs1)N1CCCC1. The molecule has 2 N–H and O–H groups in total. The van der Waals surface area contributed by atoms with Gasteiger partial charge in [0.15, 0.2) is 5.96 Å². The van der Waals surface area contributed by atoms with Crippen LogP contribution in [0.1, 0.15) is 42.1 Å². The van der Waals surface area contributed by atoms with Crippen molar-refractivity contribution in [3.63, 3.8) is 0 Å². The zero-order valence-corrected chi connectivity index (χ0v) is 18.4.